The standard InChI is InChI=1S/C43H78NO8P/c1-6-8-10-12-14-16-18-20-21-22-23-24-26-27-29-31-33-35-42(45)49-39-41(40-51-53(47,48)50-38-37-44(3,4)5)52-43(46)36-34-32-30-28-25-19-17-15-13-11-9-7-2/h14-17,20-21,23-24,41H,6-13,18-19,22,25-40H2,1-5H3/p+1/b16-14+,17-15+,21-20+,24-23+/t41-/m0/s1. The maximum Gasteiger partial charge on any atom is 0.472 e. The first-order chi connectivity index (χ1) is 25.5. The van der Waals surface area contributed by atoms with E-state index in [2.05, 4.69) is 62.5 Å². The molecule has 2 atom stereocenters. The predicted octanol–water partition coefficient (Wildman–Crippen LogP) is 11.5. The third kappa shape index (κ3) is 39.5. The number of unbranched alkanes of at least 4 members (excludes halogenated alkanes) is 15. The first-order valence-corrected chi connectivity index (χ1v) is 22.4. The Labute approximate surface area is 324 Å². The van der Waals surface area contributed by atoms with E-state index in [1.54, 1.807) is 0 Å². The Morgan fingerprint density at radius 3 is 1.53 bits per heavy atom. The summed E-state index contributed by atoms with van der Waals surface area (Å²) in [6.45, 7) is 4.31. The van der Waals surface area contributed by atoms with Crippen LogP contribution in [0.4, 0.5) is 0 Å². The average molecular weight is 769 g/mol. The van der Waals surface area contributed by atoms with E-state index in [1.807, 2.05) is 21.1 Å². The number of rotatable bonds is 37. The number of ether oxygens (including phenoxy) is 2. The number of phosphoric acid groups is 1. The minimum absolute atomic E-state index is 0.0248. The number of phosphoric ester groups is 1. The summed E-state index contributed by atoms with van der Waals surface area (Å²) in [5.41, 5.74) is 0. The first kappa shape index (κ1) is 51.0. The van der Waals surface area contributed by atoms with E-state index in [1.165, 1.54) is 44.9 Å². The lowest BCUT2D eigenvalue weighted by Gasteiger charge is -2.24. The molecule has 308 valence electrons. The van der Waals surface area contributed by atoms with Crippen molar-refractivity contribution in [2.75, 3.05) is 47.5 Å². The van der Waals surface area contributed by atoms with Crippen LogP contribution in [-0.2, 0) is 32.7 Å². The van der Waals surface area contributed by atoms with E-state index in [0.29, 0.717) is 23.9 Å². The lowest BCUT2D eigenvalue weighted by molar-refractivity contribution is -0.870. The van der Waals surface area contributed by atoms with Gasteiger partial charge in [-0.15, -0.1) is 0 Å². The van der Waals surface area contributed by atoms with E-state index in [0.717, 1.165) is 77.0 Å². The van der Waals surface area contributed by atoms with Gasteiger partial charge in [0.05, 0.1) is 27.7 Å². The maximum atomic E-state index is 12.6. The van der Waals surface area contributed by atoms with E-state index in [4.69, 9.17) is 18.5 Å². The molecule has 0 aliphatic rings. The highest BCUT2D eigenvalue weighted by Gasteiger charge is 2.27. The fraction of sp³-hybridized carbons (Fsp3) is 0.767. The fourth-order valence-electron chi connectivity index (χ4n) is 5.25. The third-order valence-corrected chi connectivity index (χ3v) is 9.57. The van der Waals surface area contributed by atoms with Crippen LogP contribution in [0.3, 0.4) is 0 Å². The van der Waals surface area contributed by atoms with Gasteiger partial charge < -0.3 is 18.9 Å². The van der Waals surface area contributed by atoms with Crippen LogP contribution in [-0.4, -0.2) is 74.9 Å². The molecule has 0 bridgehead atoms. The number of hydrogen-bond donors (Lipinski definition) is 1. The molecule has 9 nitrogen and oxygen atoms in total. The zero-order chi connectivity index (χ0) is 39.3. The van der Waals surface area contributed by atoms with Crippen LogP contribution in [0.5, 0.6) is 0 Å². The van der Waals surface area contributed by atoms with Crippen LogP contribution >= 0.6 is 7.82 Å². The normalized spacial score (nSPS) is 14.2. The molecule has 0 saturated carbocycles. The zero-order valence-corrected chi connectivity index (χ0v) is 35.4. The second-order valence-corrected chi connectivity index (χ2v) is 16.5. The Morgan fingerprint density at radius 2 is 1.02 bits per heavy atom. The van der Waals surface area contributed by atoms with E-state index >= 15 is 0 Å². The van der Waals surface area contributed by atoms with Crippen molar-refractivity contribution >= 4 is 19.8 Å². The molecule has 0 radical (unpaired) electrons. The number of esters is 2. The monoisotopic (exact) mass is 769 g/mol. The third-order valence-electron chi connectivity index (χ3n) is 8.58. The molecule has 0 heterocycles. The summed E-state index contributed by atoms with van der Waals surface area (Å²) >= 11 is 0. The highest BCUT2D eigenvalue weighted by Crippen LogP contribution is 2.43. The van der Waals surface area contributed by atoms with Crippen LogP contribution in [0.25, 0.3) is 0 Å². The van der Waals surface area contributed by atoms with Crippen molar-refractivity contribution in [2.45, 2.75) is 168 Å². The zero-order valence-electron chi connectivity index (χ0n) is 34.5. The van der Waals surface area contributed by atoms with Crippen LogP contribution in [0.15, 0.2) is 48.6 Å². The molecule has 53 heavy (non-hydrogen) atoms. The molecule has 1 N–H and O–H groups in total. The van der Waals surface area contributed by atoms with Crippen molar-refractivity contribution in [1.29, 1.82) is 0 Å². The van der Waals surface area contributed by atoms with Gasteiger partial charge in [0.2, 0.25) is 0 Å². The van der Waals surface area contributed by atoms with Crippen molar-refractivity contribution in [3.05, 3.63) is 48.6 Å². The Bertz CT molecular complexity index is 1050. The largest absolute Gasteiger partial charge is 0.472 e. The summed E-state index contributed by atoms with van der Waals surface area (Å²) in [7, 11) is 1.45. The topological polar surface area (TPSA) is 108 Å². The number of allylic oxidation sites excluding steroid dienone is 8. The molecule has 0 aromatic carbocycles. The number of nitrogens with zero attached hydrogens (tertiary/aromatic N) is 1. The highest BCUT2D eigenvalue weighted by atomic mass is 31.2. The smallest absolute Gasteiger partial charge is 0.462 e. The molecular weight excluding hydrogens is 689 g/mol. The SMILES string of the molecule is CCCCC/C=C/C/C=C/C/C=C/CCCCCCC(=O)OC[C@@H](COP(=O)(O)OCC[N+](C)(C)C)OC(=O)CCCCCCC/C=C/CCCCC. The molecule has 0 amide bonds. The molecule has 0 fully saturated rings. The molecular formula is C43H79NO8P+. The second kappa shape index (κ2) is 35.7. The molecule has 0 aliphatic heterocycles. The Hall–Kier alpha value is -2.03. The van der Waals surface area contributed by atoms with Gasteiger partial charge in [0.25, 0.3) is 0 Å². The number of likely N-dealkylation sites (N-methyl/N-ethyl adjacent to an activating group) is 1. The number of quaternary nitrogens is 1. The van der Waals surface area contributed by atoms with E-state index in [9.17, 15) is 19.0 Å². The lowest BCUT2D eigenvalue weighted by atomic mass is 10.1. The van der Waals surface area contributed by atoms with E-state index in [-0.39, 0.29) is 26.1 Å². The summed E-state index contributed by atoms with van der Waals surface area (Å²) in [5, 5.41) is 0. The van der Waals surface area contributed by atoms with Crippen LogP contribution < -0.4 is 0 Å². The Morgan fingerprint density at radius 1 is 0.585 bits per heavy atom. The summed E-state index contributed by atoms with van der Waals surface area (Å²) in [5.74, 6) is -0.838. The van der Waals surface area contributed by atoms with Gasteiger partial charge in [0, 0.05) is 12.8 Å². The van der Waals surface area contributed by atoms with Gasteiger partial charge in [-0.05, 0) is 77.0 Å². The van der Waals surface area contributed by atoms with Crippen molar-refractivity contribution in [1.82, 2.24) is 0 Å². The Kier molecular flexibility index (Phi) is 34.3. The highest BCUT2D eigenvalue weighted by molar-refractivity contribution is 7.47. The molecule has 0 saturated heterocycles. The summed E-state index contributed by atoms with van der Waals surface area (Å²) in [6, 6.07) is 0. The van der Waals surface area contributed by atoms with Gasteiger partial charge >= 0.3 is 19.8 Å². The van der Waals surface area contributed by atoms with Crippen molar-refractivity contribution < 1.29 is 42.1 Å². The van der Waals surface area contributed by atoms with Crippen molar-refractivity contribution in [3.63, 3.8) is 0 Å². The van der Waals surface area contributed by atoms with E-state index < -0.39 is 32.5 Å². The minimum atomic E-state index is -4.38. The molecule has 1 unspecified atom stereocenters. The summed E-state index contributed by atoms with van der Waals surface area (Å²) in [4.78, 5) is 35.3. The van der Waals surface area contributed by atoms with Crippen LogP contribution in [0.1, 0.15) is 162 Å². The van der Waals surface area contributed by atoms with Gasteiger partial charge in [-0.25, -0.2) is 4.57 Å². The van der Waals surface area contributed by atoms with Crippen LogP contribution in [0.2, 0.25) is 0 Å². The number of carbonyl (C=O) groups excluding carboxylic acids is 2. The first-order valence-electron chi connectivity index (χ1n) is 20.9. The van der Waals surface area contributed by atoms with Crippen molar-refractivity contribution in [3.8, 4) is 0 Å². The minimum Gasteiger partial charge on any atom is -0.462 e. The van der Waals surface area contributed by atoms with Gasteiger partial charge in [0.15, 0.2) is 6.10 Å². The molecule has 0 aromatic heterocycles. The quantitative estimate of drug-likeness (QED) is 0.0219. The molecule has 0 aromatic rings. The lowest BCUT2D eigenvalue weighted by Crippen LogP contribution is -2.37. The number of hydrogen-bond acceptors (Lipinski definition) is 7. The second-order valence-electron chi connectivity index (χ2n) is 15.0. The number of carbonyl (C=O) groups is 2. The van der Waals surface area contributed by atoms with Gasteiger partial charge in [-0.2, -0.15) is 0 Å². The van der Waals surface area contributed by atoms with Crippen molar-refractivity contribution in [2.24, 2.45) is 0 Å². The molecule has 0 rings (SSSR count). The fourth-order valence-corrected chi connectivity index (χ4v) is 5.99. The van der Waals surface area contributed by atoms with Gasteiger partial charge in [-0.1, -0.05) is 120 Å². The molecule has 0 aliphatic carbocycles. The summed E-state index contributed by atoms with van der Waals surface area (Å²) < 4.78 is 34.2. The van der Waals surface area contributed by atoms with Crippen LogP contribution in [0, 0.1) is 0 Å². The molecule has 10 heteroatoms. The molecule has 0 spiro atoms. The average Bonchev–Trinajstić information content (AvgIpc) is 3.10. The van der Waals surface area contributed by atoms with Gasteiger partial charge in [-0.3, -0.25) is 18.6 Å². The summed E-state index contributed by atoms with van der Waals surface area (Å²) in [6.07, 6.45) is 40.1. The van der Waals surface area contributed by atoms with Gasteiger partial charge in [0.1, 0.15) is 19.8 Å². The Balaban J connectivity index is 4.44. The maximum absolute atomic E-state index is 12.6. The predicted molar refractivity (Wildman–Crippen MR) is 220 cm³/mol.